The molecule has 1 aromatic carbocycles. The highest BCUT2D eigenvalue weighted by Gasteiger charge is 2.19. The number of ether oxygens (including phenoxy) is 1. The first kappa shape index (κ1) is 13.6. The van der Waals surface area contributed by atoms with Gasteiger partial charge in [-0.2, -0.15) is 0 Å². The van der Waals surface area contributed by atoms with E-state index >= 15 is 0 Å². The first-order chi connectivity index (χ1) is 9.61. The Labute approximate surface area is 126 Å². The van der Waals surface area contributed by atoms with E-state index in [2.05, 4.69) is 43.5 Å². The zero-order chi connectivity index (χ0) is 14.3. The van der Waals surface area contributed by atoms with E-state index in [1.807, 2.05) is 0 Å². The maximum Gasteiger partial charge on any atom is 0.127 e. The van der Waals surface area contributed by atoms with Crippen LogP contribution < -0.4 is 10.5 Å². The van der Waals surface area contributed by atoms with Gasteiger partial charge in [-0.3, -0.25) is 0 Å². The van der Waals surface area contributed by atoms with Crippen molar-refractivity contribution in [2.24, 2.45) is 5.73 Å². The Balaban J connectivity index is 2.08. The molecule has 0 saturated heterocycles. The Morgan fingerprint density at radius 2 is 1.95 bits per heavy atom. The maximum atomic E-state index is 6.47. The smallest absolute Gasteiger partial charge is 0.127 e. The number of methoxy groups -OCH3 is 1. The van der Waals surface area contributed by atoms with Crippen molar-refractivity contribution in [3.8, 4) is 5.75 Å². The molecule has 2 heterocycles. The molecular formula is C16H17NOS2. The van der Waals surface area contributed by atoms with Crippen LogP contribution in [0.1, 0.15) is 27.6 Å². The van der Waals surface area contributed by atoms with Crippen LogP contribution >= 0.6 is 22.7 Å². The van der Waals surface area contributed by atoms with Crippen molar-refractivity contribution in [3.63, 3.8) is 0 Å². The van der Waals surface area contributed by atoms with E-state index in [-0.39, 0.29) is 6.04 Å². The van der Waals surface area contributed by atoms with Gasteiger partial charge < -0.3 is 10.5 Å². The summed E-state index contributed by atoms with van der Waals surface area (Å²) in [5.41, 5.74) is 9.92. The first-order valence-electron chi connectivity index (χ1n) is 6.48. The number of nitrogens with two attached hydrogens (primary N) is 1. The topological polar surface area (TPSA) is 35.2 Å². The number of hydrogen-bond acceptors (Lipinski definition) is 4. The Morgan fingerprint density at radius 3 is 2.65 bits per heavy atom. The molecule has 104 valence electrons. The van der Waals surface area contributed by atoms with Crippen molar-refractivity contribution in [3.05, 3.63) is 51.2 Å². The van der Waals surface area contributed by atoms with Gasteiger partial charge in [-0.25, -0.2) is 0 Å². The van der Waals surface area contributed by atoms with E-state index in [1.165, 1.54) is 25.4 Å². The molecule has 4 heteroatoms. The van der Waals surface area contributed by atoms with E-state index < -0.39 is 0 Å². The van der Waals surface area contributed by atoms with E-state index in [4.69, 9.17) is 10.5 Å². The Morgan fingerprint density at radius 1 is 1.15 bits per heavy atom. The SMILES string of the molecule is COc1c(C(N)c2cc3sccc3s2)ccc(C)c1C. The molecule has 20 heavy (non-hydrogen) atoms. The largest absolute Gasteiger partial charge is 0.496 e. The molecule has 1 unspecified atom stereocenters. The van der Waals surface area contributed by atoms with Crippen molar-refractivity contribution in [1.29, 1.82) is 0 Å². The molecule has 0 aliphatic carbocycles. The Bertz CT molecular complexity index is 729. The zero-order valence-corrected chi connectivity index (χ0v) is 13.4. The number of benzene rings is 1. The number of aryl methyl sites for hydroxylation is 1. The van der Waals surface area contributed by atoms with Gasteiger partial charge in [0.25, 0.3) is 0 Å². The van der Waals surface area contributed by atoms with Crippen LogP contribution in [0.2, 0.25) is 0 Å². The molecule has 0 aliphatic rings. The van der Waals surface area contributed by atoms with E-state index in [1.54, 1.807) is 29.8 Å². The van der Waals surface area contributed by atoms with Crippen molar-refractivity contribution in [2.45, 2.75) is 19.9 Å². The third-order valence-electron chi connectivity index (χ3n) is 3.71. The highest BCUT2D eigenvalue weighted by molar-refractivity contribution is 7.27. The molecule has 2 nitrogen and oxygen atoms in total. The van der Waals surface area contributed by atoms with Gasteiger partial charge in [0.1, 0.15) is 5.75 Å². The Hall–Kier alpha value is -1.36. The highest BCUT2D eigenvalue weighted by atomic mass is 32.1. The third kappa shape index (κ3) is 2.14. The van der Waals surface area contributed by atoms with E-state index in [0.717, 1.165) is 11.3 Å². The van der Waals surface area contributed by atoms with Crippen LogP contribution in [0.3, 0.4) is 0 Å². The van der Waals surface area contributed by atoms with Gasteiger partial charge in [0.2, 0.25) is 0 Å². The molecule has 0 radical (unpaired) electrons. The second-order valence-electron chi connectivity index (χ2n) is 4.91. The number of thiophene rings is 2. The van der Waals surface area contributed by atoms with E-state index in [9.17, 15) is 0 Å². The van der Waals surface area contributed by atoms with Gasteiger partial charge in [-0.1, -0.05) is 12.1 Å². The van der Waals surface area contributed by atoms with Crippen LogP contribution in [0.15, 0.2) is 29.6 Å². The minimum atomic E-state index is -0.131. The minimum Gasteiger partial charge on any atom is -0.496 e. The lowest BCUT2D eigenvalue weighted by Gasteiger charge is -2.17. The van der Waals surface area contributed by atoms with Gasteiger partial charge in [0.15, 0.2) is 0 Å². The van der Waals surface area contributed by atoms with Crippen LogP contribution in [-0.4, -0.2) is 7.11 Å². The highest BCUT2D eigenvalue weighted by Crippen LogP contribution is 2.38. The van der Waals surface area contributed by atoms with Crippen molar-refractivity contribution >= 4 is 32.1 Å². The van der Waals surface area contributed by atoms with Crippen LogP contribution in [0.4, 0.5) is 0 Å². The standard InChI is InChI=1S/C16H17NOS2/c1-9-4-5-11(16(18-3)10(9)2)15(17)14-8-13-12(20-14)6-7-19-13/h4-8,15H,17H2,1-3H3. The molecule has 0 saturated carbocycles. The van der Waals surface area contributed by atoms with Gasteiger partial charge in [0.05, 0.1) is 13.2 Å². The molecule has 0 bridgehead atoms. The quantitative estimate of drug-likeness (QED) is 0.765. The van der Waals surface area contributed by atoms with Gasteiger partial charge in [-0.05, 0) is 42.5 Å². The van der Waals surface area contributed by atoms with E-state index in [0.29, 0.717) is 0 Å². The molecule has 0 fully saturated rings. The number of fused-ring (bicyclic) bond motifs is 1. The van der Waals surface area contributed by atoms with Crippen LogP contribution in [-0.2, 0) is 0 Å². The summed E-state index contributed by atoms with van der Waals surface area (Å²) >= 11 is 3.53. The van der Waals surface area contributed by atoms with Crippen molar-refractivity contribution in [1.82, 2.24) is 0 Å². The lowest BCUT2D eigenvalue weighted by Crippen LogP contribution is -2.12. The van der Waals surface area contributed by atoms with Crippen molar-refractivity contribution < 1.29 is 4.74 Å². The predicted octanol–water partition coefficient (Wildman–Crippen LogP) is 4.64. The predicted molar refractivity (Wildman–Crippen MR) is 88.2 cm³/mol. The summed E-state index contributed by atoms with van der Waals surface area (Å²) in [6.07, 6.45) is 0. The summed E-state index contributed by atoms with van der Waals surface area (Å²) in [6.45, 7) is 4.17. The second-order valence-corrected chi connectivity index (χ2v) is 6.97. The number of rotatable bonds is 3. The monoisotopic (exact) mass is 303 g/mol. The summed E-state index contributed by atoms with van der Waals surface area (Å²) in [4.78, 5) is 1.19. The molecular weight excluding hydrogens is 286 g/mol. The lowest BCUT2D eigenvalue weighted by atomic mass is 9.99. The fourth-order valence-electron chi connectivity index (χ4n) is 2.42. The van der Waals surface area contributed by atoms with Gasteiger partial charge >= 0.3 is 0 Å². The summed E-state index contributed by atoms with van der Waals surface area (Å²) in [5.74, 6) is 0.911. The summed E-state index contributed by atoms with van der Waals surface area (Å²) in [6, 6.07) is 8.42. The Kier molecular flexibility index (Phi) is 3.54. The summed E-state index contributed by atoms with van der Waals surface area (Å²) in [5, 5.41) is 2.12. The molecule has 1 atom stereocenters. The second kappa shape index (κ2) is 5.20. The average molecular weight is 303 g/mol. The molecule has 2 N–H and O–H groups in total. The first-order valence-corrected chi connectivity index (χ1v) is 8.18. The van der Waals surface area contributed by atoms with Gasteiger partial charge in [0, 0.05) is 19.8 Å². The molecule has 0 aliphatic heterocycles. The lowest BCUT2D eigenvalue weighted by molar-refractivity contribution is 0.404. The normalized spacial score (nSPS) is 12.8. The molecule has 3 aromatic rings. The average Bonchev–Trinajstić information content (AvgIpc) is 3.01. The van der Waals surface area contributed by atoms with Crippen LogP contribution in [0.25, 0.3) is 9.40 Å². The van der Waals surface area contributed by atoms with Crippen LogP contribution in [0, 0.1) is 13.8 Å². The van der Waals surface area contributed by atoms with Gasteiger partial charge in [-0.15, -0.1) is 22.7 Å². The van der Waals surface area contributed by atoms with Crippen LogP contribution in [0.5, 0.6) is 5.75 Å². The minimum absolute atomic E-state index is 0.131. The zero-order valence-electron chi connectivity index (χ0n) is 11.8. The summed E-state index contributed by atoms with van der Waals surface area (Å²) in [7, 11) is 1.71. The van der Waals surface area contributed by atoms with Crippen molar-refractivity contribution in [2.75, 3.05) is 7.11 Å². The molecule has 0 amide bonds. The molecule has 0 spiro atoms. The maximum absolute atomic E-state index is 6.47. The number of hydrogen-bond donors (Lipinski definition) is 1. The molecule has 3 rings (SSSR count). The fraction of sp³-hybridized carbons (Fsp3) is 0.250. The fourth-order valence-corrected chi connectivity index (χ4v) is 4.56. The summed E-state index contributed by atoms with van der Waals surface area (Å²) < 4.78 is 8.20. The third-order valence-corrected chi connectivity index (χ3v) is 5.89. The molecule has 2 aromatic heterocycles.